The van der Waals surface area contributed by atoms with Crippen molar-refractivity contribution in [1.82, 2.24) is 0 Å². The molecule has 0 heterocycles. The average Bonchev–Trinajstić information content (AvgIpc) is 2.40. The van der Waals surface area contributed by atoms with Crippen molar-refractivity contribution in [3.8, 4) is 11.5 Å². The molecule has 0 amide bonds. The van der Waals surface area contributed by atoms with Crippen molar-refractivity contribution >= 4 is 11.6 Å². The highest BCUT2D eigenvalue weighted by Crippen LogP contribution is 2.26. The van der Waals surface area contributed by atoms with Gasteiger partial charge >= 0.3 is 0 Å². The Bertz CT molecular complexity index is 579. The van der Waals surface area contributed by atoms with Gasteiger partial charge < -0.3 is 9.47 Å². The molecule has 2 aromatic carbocycles. The standard InChI is InChI=1S/C16H17ClO2/c1-11-5-4-6-15(12(11)2)19-10-13-9-14(17)7-8-16(13)18-3/h4-9H,10H2,1-3H3. The third-order valence-electron chi connectivity index (χ3n) is 3.18. The second-order valence-corrected chi connectivity index (χ2v) is 4.88. The summed E-state index contributed by atoms with van der Waals surface area (Å²) in [5.41, 5.74) is 3.31. The molecule has 0 fully saturated rings. The molecule has 0 aliphatic carbocycles. The van der Waals surface area contributed by atoms with Crippen LogP contribution in [0.5, 0.6) is 11.5 Å². The summed E-state index contributed by atoms with van der Waals surface area (Å²) in [6.07, 6.45) is 0. The molecule has 0 aliphatic heterocycles. The Morgan fingerprint density at radius 3 is 2.58 bits per heavy atom. The molecule has 0 radical (unpaired) electrons. The zero-order valence-corrected chi connectivity index (χ0v) is 12.1. The molecule has 2 rings (SSSR count). The van der Waals surface area contributed by atoms with Crippen molar-refractivity contribution in [2.24, 2.45) is 0 Å². The van der Waals surface area contributed by atoms with Crippen molar-refractivity contribution in [3.63, 3.8) is 0 Å². The largest absolute Gasteiger partial charge is 0.496 e. The minimum absolute atomic E-state index is 0.439. The Morgan fingerprint density at radius 2 is 1.84 bits per heavy atom. The average molecular weight is 277 g/mol. The molecule has 2 aromatic rings. The molecule has 3 heteroatoms. The van der Waals surface area contributed by atoms with E-state index in [0.29, 0.717) is 11.6 Å². The van der Waals surface area contributed by atoms with Crippen molar-refractivity contribution in [2.45, 2.75) is 20.5 Å². The van der Waals surface area contributed by atoms with Crippen molar-refractivity contribution in [1.29, 1.82) is 0 Å². The summed E-state index contributed by atoms with van der Waals surface area (Å²) in [6.45, 7) is 4.57. The Hall–Kier alpha value is -1.67. The molecule has 0 saturated heterocycles. The van der Waals surface area contributed by atoms with Gasteiger partial charge in [-0.2, -0.15) is 0 Å². The highest BCUT2D eigenvalue weighted by Gasteiger charge is 2.07. The fraction of sp³-hybridized carbons (Fsp3) is 0.250. The third-order valence-corrected chi connectivity index (χ3v) is 3.42. The lowest BCUT2D eigenvalue weighted by molar-refractivity contribution is 0.294. The van der Waals surface area contributed by atoms with Gasteiger partial charge in [0.05, 0.1) is 7.11 Å². The maximum atomic E-state index is 6.00. The second-order valence-electron chi connectivity index (χ2n) is 4.44. The lowest BCUT2D eigenvalue weighted by Crippen LogP contribution is -2.00. The molecule has 0 aromatic heterocycles. The molecule has 0 aliphatic rings. The highest BCUT2D eigenvalue weighted by atomic mass is 35.5. The number of benzene rings is 2. The Balaban J connectivity index is 2.18. The van der Waals surface area contributed by atoms with Crippen LogP contribution in [0.4, 0.5) is 0 Å². The minimum atomic E-state index is 0.439. The molecule has 2 nitrogen and oxygen atoms in total. The summed E-state index contributed by atoms with van der Waals surface area (Å²) in [4.78, 5) is 0. The molecule has 0 unspecified atom stereocenters. The fourth-order valence-electron chi connectivity index (χ4n) is 1.90. The van der Waals surface area contributed by atoms with Crippen molar-refractivity contribution in [2.75, 3.05) is 7.11 Å². The zero-order valence-electron chi connectivity index (χ0n) is 11.4. The van der Waals surface area contributed by atoms with Crippen LogP contribution in [-0.4, -0.2) is 7.11 Å². The topological polar surface area (TPSA) is 18.5 Å². The van der Waals surface area contributed by atoms with Crippen LogP contribution in [0.15, 0.2) is 36.4 Å². The fourth-order valence-corrected chi connectivity index (χ4v) is 2.09. The van der Waals surface area contributed by atoms with Gasteiger partial charge in [-0.1, -0.05) is 23.7 Å². The Kier molecular flexibility index (Phi) is 4.33. The zero-order chi connectivity index (χ0) is 13.8. The van der Waals surface area contributed by atoms with Crippen LogP contribution in [0.2, 0.25) is 5.02 Å². The highest BCUT2D eigenvalue weighted by molar-refractivity contribution is 6.30. The van der Waals surface area contributed by atoms with Crippen molar-refractivity contribution < 1.29 is 9.47 Å². The molecule has 100 valence electrons. The van der Waals surface area contributed by atoms with E-state index >= 15 is 0 Å². The van der Waals surface area contributed by atoms with E-state index in [0.717, 1.165) is 22.6 Å². The maximum absolute atomic E-state index is 6.00. The van der Waals surface area contributed by atoms with Crippen LogP contribution >= 0.6 is 11.6 Å². The summed E-state index contributed by atoms with van der Waals surface area (Å²) in [5, 5.41) is 0.681. The van der Waals surface area contributed by atoms with Crippen LogP contribution in [0, 0.1) is 13.8 Å². The number of hydrogen-bond donors (Lipinski definition) is 0. The van der Waals surface area contributed by atoms with Crippen LogP contribution in [0.3, 0.4) is 0 Å². The first-order valence-electron chi connectivity index (χ1n) is 6.13. The predicted molar refractivity (Wildman–Crippen MR) is 78.3 cm³/mol. The molecule has 0 saturated carbocycles. The van der Waals surface area contributed by atoms with Crippen LogP contribution < -0.4 is 9.47 Å². The van der Waals surface area contributed by atoms with Crippen LogP contribution in [0.1, 0.15) is 16.7 Å². The summed E-state index contributed by atoms with van der Waals surface area (Å²) >= 11 is 6.00. The molecule has 19 heavy (non-hydrogen) atoms. The van der Waals surface area contributed by atoms with E-state index in [9.17, 15) is 0 Å². The first kappa shape index (κ1) is 13.8. The van der Waals surface area contributed by atoms with Gasteiger partial charge in [-0.05, 0) is 49.2 Å². The quantitative estimate of drug-likeness (QED) is 0.816. The van der Waals surface area contributed by atoms with Gasteiger partial charge in [0.1, 0.15) is 18.1 Å². The normalized spacial score (nSPS) is 10.3. The summed E-state index contributed by atoms with van der Waals surface area (Å²) in [5.74, 6) is 1.68. The van der Waals surface area contributed by atoms with E-state index in [1.54, 1.807) is 7.11 Å². The van der Waals surface area contributed by atoms with Gasteiger partial charge in [0.2, 0.25) is 0 Å². The van der Waals surface area contributed by atoms with Crippen LogP contribution in [0.25, 0.3) is 0 Å². The molecular weight excluding hydrogens is 260 g/mol. The van der Waals surface area contributed by atoms with Gasteiger partial charge in [-0.3, -0.25) is 0 Å². The van der Waals surface area contributed by atoms with E-state index in [4.69, 9.17) is 21.1 Å². The smallest absolute Gasteiger partial charge is 0.125 e. The first-order valence-corrected chi connectivity index (χ1v) is 6.51. The summed E-state index contributed by atoms with van der Waals surface area (Å²) in [7, 11) is 1.64. The molecule has 0 N–H and O–H groups in total. The van der Waals surface area contributed by atoms with Crippen LogP contribution in [-0.2, 0) is 6.61 Å². The minimum Gasteiger partial charge on any atom is -0.496 e. The lowest BCUT2D eigenvalue weighted by atomic mass is 10.1. The third kappa shape index (κ3) is 3.21. The number of rotatable bonds is 4. The first-order chi connectivity index (χ1) is 9.11. The number of methoxy groups -OCH3 is 1. The van der Waals surface area contributed by atoms with E-state index in [1.807, 2.05) is 30.3 Å². The van der Waals surface area contributed by atoms with E-state index in [-0.39, 0.29) is 0 Å². The number of halogens is 1. The second kappa shape index (κ2) is 5.98. The molecule has 0 bridgehead atoms. The molecule has 0 spiro atoms. The number of ether oxygens (including phenoxy) is 2. The molecule has 0 atom stereocenters. The Labute approximate surface area is 118 Å². The van der Waals surface area contributed by atoms with Gasteiger partial charge in [-0.25, -0.2) is 0 Å². The van der Waals surface area contributed by atoms with Gasteiger partial charge in [0.15, 0.2) is 0 Å². The van der Waals surface area contributed by atoms with Gasteiger partial charge in [0.25, 0.3) is 0 Å². The van der Waals surface area contributed by atoms with Crippen molar-refractivity contribution in [3.05, 3.63) is 58.1 Å². The number of aryl methyl sites for hydroxylation is 1. The molecular formula is C16H17ClO2. The van der Waals surface area contributed by atoms with Gasteiger partial charge in [-0.15, -0.1) is 0 Å². The lowest BCUT2D eigenvalue weighted by Gasteiger charge is -2.13. The van der Waals surface area contributed by atoms with E-state index in [1.165, 1.54) is 5.56 Å². The monoisotopic (exact) mass is 276 g/mol. The maximum Gasteiger partial charge on any atom is 0.125 e. The van der Waals surface area contributed by atoms with E-state index < -0.39 is 0 Å². The SMILES string of the molecule is COc1ccc(Cl)cc1COc1cccc(C)c1C. The summed E-state index contributed by atoms with van der Waals surface area (Å²) < 4.78 is 11.2. The predicted octanol–water partition coefficient (Wildman–Crippen LogP) is 4.54. The van der Waals surface area contributed by atoms with E-state index in [2.05, 4.69) is 19.9 Å². The van der Waals surface area contributed by atoms with Gasteiger partial charge in [0, 0.05) is 10.6 Å². The Morgan fingerprint density at radius 1 is 1.05 bits per heavy atom. The number of hydrogen-bond acceptors (Lipinski definition) is 2. The summed E-state index contributed by atoms with van der Waals surface area (Å²) in [6, 6.07) is 11.6.